The molecule has 0 aromatic heterocycles. The SMILES string of the molecule is COCCN1C(=O)C(c2ccc(OCC(C)C)cc2)=C(N2CC(C)OC(C)C2)C1=O. The first-order chi connectivity index (χ1) is 14.3. The summed E-state index contributed by atoms with van der Waals surface area (Å²) in [6.45, 7) is 10.4. The Labute approximate surface area is 178 Å². The molecule has 0 saturated carbocycles. The first-order valence-electron chi connectivity index (χ1n) is 10.5. The summed E-state index contributed by atoms with van der Waals surface area (Å²) in [7, 11) is 1.56. The van der Waals surface area contributed by atoms with Gasteiger partial charge in [-0.3, -0.25) is 14.5 Å². The van der Waals surface area contributed by atoms with Gasteiger partial charge in [-0.25, -0.2) is 0 Å². The molecule has 0 radical (unpaired) electrons. The van der Waals surface area contributed by atoms with Gasteiger partial charge < -0.3 is 19.1 Å². The van der Waals surface area contributed by atoms with Crippen molar-refractivity contribution in [2.75, 3.05) is 40.0 Å². The number of amides is 2. The summed E-state index contributed by atoms with van der Waals surface area (Å²) in [6, 6.07) is 7.40. The molecule has 1 aromatic rings. The Morgan fingerprint density at radius 3 is 2.27 bits per heavy atom. The van der Waals surface area contributed by atoms with Crippen molar-refractivity contribution in [3.63, 3.8) is 0 Å². The van der Waals surface area contributed by atoms with Gasteiger partial charge >= 0.3 is 0 Å². The number of hydrogen-bond donors (Lipinski definition) is 0. The molecule has 3 rings (SSSR count). The Bertz CT molecular complexity index is 792. The summed E-state index contributed by atoms with van der Waals surface area (Å²) in [5.74, 6) is 0.618. The minimum atomic E-state index is -0.283. The van der Waals surface area contributed by atoms with Crippen LogP contribution in [0.15, 0.2) is 30.0 Å². The van der Waals surface area contributed by atoms with Gasteiger partial charge in [0, 0.05) is 20.2 Å². The summed E-state index contributed by atoms with van der Waals surface area (Å²) < 4.78 is 16.7. The van der Waals surface area contributed by atoms with E-state index in [1.54, 1.807) is 7.11 Å². The van der Waals surface area contributed by atoms with Crippen LogP contribution >= 0.6 is 0 Å². The number of carbonyl (C=O) groups excluding carboxylic acids is 2. The molecule has 0 spiro atoms. The van der Waals surface area contributed by atoms with Crippen molar-refractivity contribution in [3.8, 4) is 5.75 Å². The van der Waals surface area contributed by atoms with E-state index in [0.29, 0.717) is 49.1 Å². The molecule has 1 fully saturated rings. The molecule has 2 aliphatic heterocycles. The van der Waals surface area contributed by atoms with Crippen LogP contribution in [0.5, 0.6) is 5.75 Å². The second-order valence-electron chi connectivity index (χ2n) is 8.37. The van der Waals surface area contributed by atoms with Crippen molar-refractivity contribution in [2.45, 2.75) is 39.9 Å². The van der Waals surface area contributed by atoms with E-state index >= 15 is 0 Å². The van der Waals surface area contributed by atoms with Gasteiger partial charge in [0.15, 0.2) is 0 Å². The van der Waals surface area contributed by atoms with E-state index in [2.05, 4.69) is 13.8 Å². The van der Waals surface area contributed by atoms with Crippen molar-refractivity contribution in [1.29, 1.82) is 0 Å². The summed E-state index contributed by atoms with van der Waals surface area (Å²) in [5.41, 5.74) is 1.61. The molecule has 7 nitrogen and oxygen atoms in total. The van der Waals surface area contributed by atoms with Gasteiger partial charge in [-0.1, -0.05) is 26.0 Å². The highest BCUT2D eigenvalue weighted by atomic mass is 16.5. The minimum Gasteiger partial charge on any atom is -0.493 e. The van der Waals surface area contributed by atoms with Crippen LogP contribution in [0.25, 0.3) is 5.57 Å². The fourth-order valence-corrected chi connectivity index (χ4v) is 3.84. The predicted molar refractivity (Wildman–Crippen MR) is 114 cm³/mol. The van der Waals surface area contributed by atoms with Crippen LogP contribution in [-0.4, -0.2) is 73.8 Å². The number of carbonyl (C=O) groups is 2. The smallest absolute Gasteiger partial charge is 0.277 e. The van der Waals surface area contributed by atoms with Crippen molar-refractivity contribution in [2.24, 2.45) is 5.92 Å². The van der Waals surface area contributed by atoms with E-state index in [4.69, 9.17) is 14.2 Å². The van der Waals surface area contributed by atoms with Crippen LogP contribution in [0.4, 0.5) is 0 Å². The highest BCUT2D eigenvalue weighted by Gasteiger charge is 2.42. The average molecular weight is 417 g/mol. The van der Waals surface area contributed by atoms with E-state index in [-0.39, 0.29) is 30.6 Å². The van der Waals surface area contributed by atoms with Gasteiger partial charge in [0.1, 0.15) is 11.4 Å². The summed E-state index contributed by atoms with van der Waals surface area (Å²) in [4.78, 5) is 29.8. The molecule has 2 heterocycles. The number of rotatable bonds is 8. The van der Waals surface area contributed by atoms with E-state index in [9.17, 15) is 9.59 Å². The van der Waals surface area contributed by atoms with E-state index in [0.717, 1.165) is 5.75 Å². The second kappa shape index (κ2) is 9.62. The monoisotopic (exact) mass is 416 g/mol. The Balaban J connectivity index is 1.95. The van der Waals surface area contributed by atoms with Crippen molar-refractivity contribution < 1.29 is 23.8 Å². The molecule has 2 amide bonds. The summed E-state index contributed by atoms with van der Waals surface area (Å²) in [5, 5.41) is 0. The standard InChI is InChI=1S/C23H32N2O5/c1-15(2)14-29-19-8-6-18(7-9-19)20-21(24-12-16(3)30-17(4)13-24)23(27)25(22(20)26)10-11-28-5/h6-9,15-17H,10-14H2,1-5H3. The van der Waals surface area contributed by atoms with Gasteiger partial charge in [0.25, 0.3) is 11.8 Å². The molecule has 1 saturated heterocycles. The second-order valence-corrected chi connectivity index (χ2v) is 8.37. The topological polar surface area (TPSA) is 68.3 Å². The minimum absolute atomic E-state index is 0.0229. The third kappa shape index (κ3) is 4.84. The lowest BCUT2D eigenvalue weighted by molar-refractivity contribution is -0.139. The molecule has 0 N–H and O–H groups in total. The lowest BCUT2D eigenvalue weighted by Gasteiger charge is -2.37. The fraction of sp³-hybridized carbons (Fsp3) is 0.565. The van der Waals surface area contributed by atoms with Crippen LogP contribution in [0, 0.1) is 5.92 Å². The molecular weight excluding hydrogens is 384 g/mol. The predicted octanol–water partition coefficient (Wildman–Crippen LogP) is 2.56. The fourth-order valence-electron chi connectivity index (χ4n) is 3.84. The maximum absolute atomic E-state index is 13.2. The van der Waals surface area contributed by atoms with Crippen LogP contribution in [-0.2, 0) is 19.1 Å². The first-order valence-corrected chi connectivity index (χ1v) is 10.5. The molecule has 0 bridgehead atoms. The molecule has 164 valence electrons. The molecular formula is C23H32N2O5. The molecule has 30 heavy (non-hydrogen) atoms. The molecule has 2 aliphatic rings. The normalized spacial score (nSPS) is 22.5. The van der Waals surface area contributed by atoms with Crippen LogP contribution < -0.4 is 4.74 Å². The third-order valence-corrected chi connectivity index (χ3v) is 5.12. The largest absolute Gasteiger partial charge is 0.493 e. The van der Waals surface area contributed by atoms with Crippen LogP contribution in [0.2, 0.25) is 0 Å². The number of morpholine rings is 1. The summed E-state index contributed by atoms with van der Waals surface area (Å²) >= 11 is 0. The quantitative estimate of drug-likeness (QED) is 0.607. The highest BCUT2D eigenvalue weighted by molar-refractivity contribution is 6.35. The lowest BCUT2D eigenvalue weighted by atomic mass is 10.0. The maximum Gasteiger partial charge on any atom is 0.277 e. The van der Waals surface area contributed by atoms with E-state index < -0.39 is 0 Å². The zero-order valence-electron chi connectivity index (χ0n) is 18.5. The number of hydrogen-bond acceptors (Lipinski definition) is 6. The van der Waals surface area contributed by atoms with Crippen molar-refractivity contribution in [1.82, 2.24) is 9.80 Å². The number of imide groups is 1. The Morgan fingerprint density at radius 1 is 1.07 bits per heavy atom. The zero-order valence-corrected chi connectivity index (χ0v) is 18.5. The van der Waals surface area contributed by atoms with Crippen LogP contribution in [0.3, 0.4) is 0 Å². The molecule has 1 aromatic carbocycles. The van der Waals surface area contributed by atoms with Gasteiger partial charge in [-0.15, -0.1) is 0 Å². The molecule has 2 unspecified atom stereocenters. The van der Waals surface area contributed by atoms with Gasteiger partial charge in [0.05, 0.1) is 37.5 Å². The molecule has 2 atom stereocenters. The van der Waals surface area contributed by atoms with Gasteiger partial charge in [-0.2, -0.15) is 0 Å². The Morgan fingerprint density at radius 2 is 1.70 bits per heavy atom. The molecule has 7 heteroatoms. The van der Waals surface area contributed by atoms with E-state index in [1.807, 2.05) is 43.0 Å². The molecule has 0 aliphatic carbocycles. The van der Waals surface area contributed by atoms with Gasteiger partial charge in [0.2, 0.25) is 0 Å². The van der Waals surface area contributed by atoms with Crippen molar-refractivity contribution >= 4 is 17.4 Å². The number of methoxy groups -OCH3 is 1. The third-order valence-electron chi connectivity index (χ3n) is 5.12. The number of nitrogens with zero attached hydrogens (tertiary/aromatic N) is 2. The zero-order chi connectivity index (χ0) is 21.8. The Hall–Kier alpha value is -2.38. The average Bonchev–Trinajstić information content (AvgIpc) is 2.94. The van der Waals surface area contributed by atoms with Crippen molar-refractivity contribution in [3.05, 3.63) is 35.5 Å². The Kier molecular flexibility index (Phi) is 7.15. The summed E-state index contributed by atoms with van der Waals surface area (Å²) in [6.07, 6.45) is -0.0459. The highest BCUT2D eigenvalue weighted by Crippen LogP contribution is 2.33. The first kappa shape index (κ1) is 22.3. The van der Waals surface area contributed by atoms with E-state index in [1.165, 1.54) is 4.90 Å². The lowest BCUT2D eigenvalue weighted by Crippen LogP contribution is -2.47. The maximum atomic E-state index is 13.2. The number of benzene rings is 1. The van der Waals surface area contributed by atoms with Gasteiger partial charge in [-0.05, 0) is 37.5 Å². The van der Waals surface area contributed by atoms with Crippen LogP contribution in [0.1, 0.15) is 33.3 Å². The number of ether oxygens (including phenoxy) is 3.